The van der Waals surface area contributed by atoms with E-state index >= 15 is 0 Å². The van der Waals surface area contributed by atoms with Crippen LogP contribution in [0.25, 0.3) is 0 Å². The highest BCUT2D eigenvalue weighted by Crippen LogP contribution is 2.30. The van der Waals surface area contributed by atoms with Crippen molar-refractivity contribution in [2.24, 2.45) is 5.73 Å². The van der Waals surface area contributed by atoms with Gasteiger partial charge in [-0.15, -0.1) is 0 Å². The molecule has 0 spiro atoms. The highest BCUT2D eigenvalue weighted by atomic mass is 16.5. The SMILES string of the molecule is CCC(C)c1ccc(Oc2ccccc2C(N)CC)cc1. The van der Waals surface area contributed by atoms with Crippen molar-refractivity contribution in [1.29, 1.82) is 0 Å². The molecule has 2 aromatic rings. The molecule has 0 radical (unpaired) electrons. The molecule has 0 saturated carbocycles. The molecule has 0 amide bonds. The summed E-state index contributed by atoms with van der Waals surface area (Å²) < 4.78 is 6.02. The third kappa shape index (κ3) is 3.85. The molecule has 0 bridgehead atoms. The van der Waals surface area contributed by atoms with Crippen molar-refractivity contribution in [3.8, 4) is 11.5 Å². The molecule has 2 atom stereocenters. The van der Waals surface area contributed by atoms with Crippen LogP contribution in [0.5, 0.6) is 11.5 Å². The number of ether oxygens (including phenoxy) is 1. The van der Waals surface area contributed by atoms with E-state index in [1.54, 1.807) is 0 Å². The predicted molar refractivity (Wildman–Crippen MR) is 88.9 cm³/mol. The van der Waals surface area contributed by atoms with Crippen molar-refractivity contribution in [2.75, 3.05) is 0 Å². The standard InChI is InChI=1S/C19H25NO/c1-4-14(3)15-10-12-16(13-11-15)21-19-9-7-6-8-17(19)18(20)5-2/h6-14,18H,4-5,20H2,1-3H3. The van der Waals surface area contributed by atoms with Gasteiger partial charge in [-0.05, 0) is 42.5 Å². The average Bonchev–Trinajstić information content (AvgIpc) is 2.54. The summed E-state index contributed by atoms with van der Waals surface area (Å²) in [5.41, 5.74) is 8.56. The fraction of sp³-hybridized carbons (Fsp3) is 0.368. The molecule has 0 heterocycles. The largest absolute Gasteiger partial charge is 0.457 e. The molecule has 0 aromatic heterocycles. The van der Waals surface area contributed by atoms with E-state index in [1.165, 1.54) is 5.56 Å². The Hall–Kier alpha value is -1.80. The van der Waals surface area contributed by atoms with Crippen LogP contribution in [0.15, 0.2) is 48.5 Å². The molecule has 21 heavy (non-hydrogen) atoms. The Labute approximate surface area is 127 Å². The molecule has 0 aliphatic heterocycles. The van der Waals surface area contributed by atoms with E-state index in [0.29, 0.717) is 5.92 Å². The van der Waals surface area contributed by atoms with Gasteiger partial charge in [0, 0.05) is 11.6 Å². The lowest BCUT2D eigenvalue weighted by atomic mass is 9.99. The van der Waals surface area contributed by atoms with Crippen LogP contribution in [0.4, 0.5) is 0 Å². The molecule has 2 unspecified atom stereocenters. The van der Waals surface area contributed by atoms with E-state index in [9.17, 15) is 0 Å². The minimum Gasteiger partial charge on any atom is -0.457 e. The van der Waals surface area contributed by atoms with Crippen molar-refractivity contribution in [2.45, 2.75) is 45.6 Å². The first-order valence-electron chi connectivity index (χ1n) is 7.78. The summed E-state index contributed by atoms with van der Waals surface area (Å²) in [4.78, 5) is 0. The summed E-state index contributed by atoms with van der Waals surface area (Å²) >= 11 is 0. The summed E-state index contributed by atoms with van der Waals surface area (Å²) in [6.45, 7) is 6.53. The maximum absolute atomic E-state index is 6.15. The van der Waals surface area contributed by atoms with E-state index in [2.05, 4.69) is 32.9 Å². The fourth-order valence-electron chi connectivity index (χ4n) is 2.33. The highest BCUT2D eigenvalue weighted by Gasteiger charge is 2.11. The zero-order valence-electron chi connectivity index (χ0n) is 13.2. The summed E-state index contributed by atoms with van der Waals surface area (Å²) in [5, 5.41) is 0. The van der Waals surface area contributed by atoms with Crippen molar-refractivity contribution >= 4 is 0 Å². The van der Waals surface area contributed by atoms with Crippen LogP contribution in [0.2, 0.25) is 0 Å². The van der Waals surface area contributed by atoms with Crippen molar-refractivity contribution in [3.63, 3.8) is 0 Å². The number of rotatable bonds is 6. The molecular weight excluding hydrogens is 258 g/mol. The maximum Gasteiger partial charge on any atom is 0.132 e. The molecule has 2 aromatic carbocycles. The van der Waals surface area contributed by atoms with Crippen LogP contribution in [0.3, 0.4) is 0 Å². The first kappa shape index (κ1) is 15.6. The molecule has 2 nitrogen and oxygen atoms in total. The Kier molecular flexibility index (Phi) is 5.40. The zero-order valence-corrected chi connectivity index (χ0v) is 13.2. The second-order valence-corrected chi connectivity index (χ2v) is 5.53. The Morgan fingerprint density at radius 3 is 2.24 bits per heavy atom. The van der Waals surface area contributed by atoms with E-state index in [-0.39, 0.29) is 6.04 Å². The number of nitrogens with two attached hydrogens (primary N) is 1. The maximum atomic E-state index is 6.15. The Bertz CT molecular complexity index is 562. The second kappa shape index (κ2) is 7.28. The number of hydrogen-bond donors (Lipinski definition) is 1. The fourth-order valence-corrected chi connectivity index (χ4v) is 2.33. The van der Waals surface area contributed by atoms with Gasteiger partial charge in [0.2, 0.25) is 0 Å². The van der Waals surface area contributed by atoms with Crippen LogP contribution in [0, 0.1) is 0 Å². The zero-order chi connectivity index (χ0) is 15.2. The molecule has 0 aliphatic carbocycles. The third-order valence-corrected chi connectivity index (χ3v) is 4.05. The number of para-hydroxylation sites is 1. The molecule has 2 rings (SSSR count). The lowest BCUT2D eigenvalue weighted by molar-refractivity contribution is 0.468. The van der Waals surface area contributed by atoms with Gasteiger partial charge in [0.05, 0.1) is 0 Å². The number of hydrogen-bond acceptors (Lipinski definition) is 2. The summed E-state index contributed by atoms with van der Waals surface area (Å²) in [6.07, 6.45) is 2.04. The lowest BCUT2D eigenvalue weighted by Gasteiger charge is -2.16. The van der Waals surface area contributed by atoms with Gasteiger partial charge in [0.1, 0.15) is 11.5 Å². The molecule has 0 saturated heterocycles. The molecule has 2 heteroatoms. The van der Waals surface area contributed by atoms with Crippen LogP contribution < -0.4 is 10.5 Å². The van der Waals surface area contributed by atoms with Gasteiger partial charge >= 0.3 is 0 Å². The smallest absolute Gasteiger partial charge is 0.132 e. The van der Waals surface area contributed by atoms with Gasteiger partial charge in [-0.3, -0.25) is 0 Å². The summed E-state index contributed by atoms with van der Waals surface area (Å²) in [6, 6.07) is 16.4. The molecule has 0 fully saturated rings. The topological polar surface area (TPSA) is 35.2 Å². The van der Waals surface area contributed by atoms with Crippen molar-refractivity contribution in [1.82, 2.24) is 0 Å². The number of benzene rings is 2. The van der Waals surface area contributed by atoms with Crippen LogP contribution >= 0.6 is 0 Å². The van der Waals surface area contributed by atoms with Gasteiger partial charge in [-0.25, -0.2) is 0 Å². The average molecular weight is 283 g/mol. The minimum atomic E-state index is 0.0144. The third-order valence-electron chi connectivity index (χ3n) is 4.05. The highest BCUT2D eigenvalue weighted by molar-refractivity contribution is 5.40. The normalized spacial score (nSPS) is 13.7. The van der Waals surface area contributed by atoms with E-state index in [0.717, 1.165) is 29.9 Å². The van der Waals surface area contributed by atoms with Crippen molar-refractivity contribution in [3.05, 3.63) is 59.7 Å². The predicted octanol–water partition coefficient (Wildman–Crippen LogP) is 5.40. The Morgan fingerprint density at radius 1 is 0.952 bits per heavy atom. The Balaban J connectivity index is 2.19. The summed E-state index contributed by atoms with van der Waals surface area (Å²) in [5.74, 6) is 2.29. The van der Waals surface area contributed by atoms with Crippen molar-refractivity contribution < 1.29 is 4.74 Å². The van der Waals surface area contributed by atoms with Gasteiger partial charge in [-0.2, -0.15) is 0 Å². The van der Waals surface area contributed by atoms with Gasteiger partial charge in [-0.1, -0.05) is 51.1 Å². The van der Waals surface area contributed by atoms with Gasteiger partial charge in [0.25, 0.3) is 0 Å². The van der Waals surface area contributed by atoms with E-state index in [4.69, 9.17) is 10.5 Å². The summed E-state index contributed by atoms with van der Waals surface area (Å²) in [7, 11) is 0. The van der Waals surface area contributed by atoms with E-state index < -0.39 is 0 Å². The molecular formula is C19H25NO. The van der Waals surface area contributed by atoms with Crippen LogP contribution in [0.1, 0.15) is 56.7 Å². The molecule has 0 aliphatic rings. The van der Waals surface area contributed by atoms with Gasteiger partial charge in [0.15, 0.2) is 0 Å². The van der Waals surface area contributed by atoms with Crippen LogP contribution in [-0.2, 0) is 0 Å². The first-order chi connectivity index (χ1) is 10.2. The lowest BCUT2D eigenvalue weighted by Crippen LogP contribution is -2.09. The Morgan fingerprint density at radius 2 is 1.62 bits per heavy atom. The van der Waals surface area contributed by atoms with E-state index in [1.807, 2.05) is 36.4 Å². The van der Waals surface area contributed by atoms with Crippen LogP contribution in [-0.4, -0.2) is 0 Å². The molecule has 112 valence electrons. The first-order valence-corrected chi connectivity index (χ1v) is 7.78. The monoisotopic (exact) mass is 283 g/mol. The quantitative estimate of drug-likeness (QED) is 0.770. The minimum absolute atomic E-state index is 0.0144. The second-order valence-electron chi connectivity index (χ2n) is 5.53. The molecule has 2 N–H and O–H groups in total. The van der Waals surface area contributed by atoms with Gasteiger partial charge < -0.3 is 10.5 Å².